The summed E-state index contributed by atoms with van der Waals surface area (Å²) in [5.74, 6) is -0.167. The lowest BCUT2D eigenvalue weighted by molar-refractivity contribution is -0.153. The zero-order valence-electron chi connectivity index (χ0n) is 22.9. The molecule has 0 aromatic carbocycles. The number of likely N-dealkylation sites (N-methyl/N-ethyl adjacent to an activating group) is 1. The van der Waals surface area contributed by atoms with Gasteiger partial charge in [0.2, 0.25) is 17.5 Å². The molecule has 1 saturated carbocycles. The normalized spacial score (nSPS) is 24.3. The highest BCUT2D eigenvalue weighted by molar-refractivity contribution is 6.28. The van der Waals surface area contributed by atoms with Crippen molar-refractivity contribution in [1.82, 2.24) is 24.4 Å². The van der Waals surface area contributed by atoms with Crippen LogP contribution in [0.25, 0.3) is 11.2 Å². The van der Waals surface area contributed by atoms with Gasteiger partial charge in [0, 0.05) is 19.6 Å². The van der Waals surface area contributed by atoms with Gasteiger partial charge in [0.1, 0.15) is 18.3 Å². The number of nitrogens with zero attached hydrogens (tertiary/aromatic N) is 5. The van der Waals surface area contributed by atoms with Crippen LogP contribution in [-0.2, 0) is 24.1 Å². The summed E-state index contributed by atoms with van der Waals surface area (Å²) in [7, 11) is 1.41. The second-order valence-corrected chi connectivity index (χ2v) is 11.8. The van der Waals surface area contributed by atoms with Crippen LogP contribution in [0.3, 0.4) is 0 Å². The van der Waals surface area contributed by atoms with E-state index in [1.165, 1.54) is 17.9 Å². The minimum atomic E-state index is -1.97. The third-order valence-corrected chi connectivity index (χ3v) is 6.94. The Morgan fingerprint density at radius 1 is 1.25 bits per heavy atom. The molecule has 2 aromatic heterocycles. The number of halogens is 1. The van der Waals surface area contributed by atoms with Gasteiger partial charge < -0.3 is 34.6 Å². The van der Waals surface area contributed by atoms with Crippen molar-refractivity contribution in [2.24, 2.45) is 5.41 Å². The van der Waals surface area contributed by atoms with Crippen LogP contribution >= 0.6 is 11.6 Å². The maximum atomic E-state index is 12.6. The Morgan fingerprint density at radius 3 is 2.62 bits per heavy atom. The van der Waals surface area contributed by atoms with Gasteiger partial charge in [0.15, 0.2) is 23.2 Å². The summed E-state index contributed by atoms with van der Waals surface area (Å²) in [5.41, 5.74) is 0.445. The number of fused-ring (bicyclic) bond motifs is 1. The lowest BCUT2D eigenvalue weighted by Gasteiger charge is -2.23. The second kappa shape index (κ2) is 12.4. The third-order valence-electron chi connectivity index (χ3n) is 6.77. The number of aliphatic hydroxyl groups excluding tert-OH is 2. The number of carbonyl (C=O) groups is 2. The Labute approximate surface area is 236 Å². The first kappa shape index (κ1) is 30.2. The van der Waals surface area contributed by atoms with E-state index in [4.69, 9.17) is 21.1 Å². The van der Waals surface area contributed by atoms with Gasteiger partial charge in [-0.15, -0.1) is 0 Å². The summed E-state index contributed by atoms with van der Waals surface area (Å²) in [6.45, 7) is 5.44. The Bertz CT molecular complexity index is 1200. The lowest BCUT2D eigenvalue weighted by Crippen LogP contribution is -2.41. The topological polar surface area (TPSA) is 181 Å². The average Bonchev–Trinajstić information content (AvgIpc) is 3.59. The SMILES string of the molecule is CN(C[C@H]1O[C@@H](n2cnc3c(NC4CCCC4)nc(Cl)nc32)[C@H](O)[C@@H]1O)C(=O)CC([O])OC(=O)OCC(C)(C)C. The molecule has 3 N–H and O–H groups in total. The quantitative estimate of drug-likeness (QED) is 0.224. The van der Waals surface area contributed by atoms with Gasteiger partial charge in [0.05, 0.1) is 19.4 Å². The predicted octanol–water partition coefficient (Wildman–Crippen LogP) is 2.26. The van der Waals surface area contributed by atoms with Crippen molar-refractivity contribution in [3.8, 4) is 0 Å². The highest BCUT2D eigenvalue weighted by Crippen LogP contribution is 2.34. The number of ether oxygens (including phenoxy) is 3. The van der Waals surface area contributed by atoms with E-state index >= 15 is 0 Å². The van der Waals surface area contributed by atoms with Gasteiger partial charge in [0.25, 0.3) is 0 Å². The van der Waals surface area contributed by atoms with E-state index in [-0.39, 0.29) is 29.9 Å². The molecule has 2 fully saturated rings. The first-order chi connectivity index (χ1) is 18.8. The fourth-order valence-corrected chi connectivity index (χ4v) is 4.84. The van der Waals surface area contributed by atoms with E-state index in [0.717, 1.165) is 30.6 Å². The summed E-state index contributed by atoms with van der Waals surface area (Å²) in [5, 5.41) is 36.9. The van der Waals surface area contributed by atoms with E-state index in [1.54, 1.807) is 0 Å². The molecule has 14 nitrogen and oxygen atoms in total. The van der Waals surface area contributed by atoms with Crippen LogP contribution in [-0.4, -0.2) is 97.5 Å². The summed E-state index contributed by atoms with van der Waals surface area (Å²) < 4.78 is 16.9. The maximum Gasteiger partial charge on any atom is 0.510 e. The van der Waals surface area contributed by atoms with Gasteiger partial charge in [-0.3, -0.25) is 9.36 Å². The summed E-state index contributed by atoms with van der Waals surface area (Å²) in [6, 6.07) is 0.250. The molecule has 1 aliphatic heterocycles. The predicted molar refractivity (Wildman–Crippen MR) is 141 cm³/mol. The molecule has 1 radical (unpaired) electrons. The van der Waals surface area contributed by atoms with Crippen molar-refractivity contribution in [2.75, 3.05) is 25.5 Å². The molecular formula is C25H36ClN6O8. The molecule has 4 rings (SSSR count). The minimum absolute atomic E-state index is 0.0127. The Kier molecular flexibility index (Phi) is 9.35. The molecule has 1 saturated heterocycles. The van der Waals surface area contributed by atoms with Gasteiger partial charge in [-0.25, -0.2) is 9.78 Å². The molecule has 0 spiro atoms. The highest BCUT2D eigenvalue weighted by atomic mass is 35.5. The maximum absolute atomic E-state index is 12.6. The number of imidazole rings is 1. The number of aliphatic hydroxyl groups is 2. The number of nitrogens with one attached hydrogen (secondary N) is 1. The van der Waals surface area contributed by atoms with Crippen molar-refractivity contribution in [3.63, 3.8) is 0 Å². The van der Waals surface area contributed by atoms with E-state index in [2.05, 4.69) is 25.0 Å². The molecule has 1 aliphatic carbocycles. The summed E-state index contributed by atoms with van der Waals surface area (Å²) in [6.07, 6.45) is -2.89. The minimum Gasteiger partial charge on any atom is -0.434 e. The Balaban J connectivity index is 1.37. The molecule has 1 unspecified atom stereocenters. The molecule has 2 aliphatic rings. The number of amides is 1. The second-order valence-electron chi connectivity index (χ2n) is 11.5. The molecule has 40 heavy (non-hydrogen) atoms. The van der Waals surface area contributed by atoms with Crippen molar-refractivity contribution in [1.29, 1.82) is 0 Å². The van der Waals surface area contributed by atoms with E-state index in [9.17, 15) is 24.9 Å². The third kappa shape index (κ3) is 7.29. The van der Waals surface area contributed by atoms with Crippen LogP contribution in [0, 0.1) is 5.41 Å². The van der Waals surface area contributed by atoms with Crippen molar-refractivity contribution in [2.45, 2.75) is 89.7 Å². The molecule has 5 atom stereocenters. The standard InChI is InChI=1S/C25H36ClN6O8/c1-25(2,3)11-38-24(37)40-16(34)9-15(33)31(4)10-14-18(35)19(36)22(39-14)32-12-27-17-20(28-13-7-5-6-8-13)29-23(26)30-21(17)32/h12-14,16,18-19,22,35-36H,5-11H2,1-4H3,(H,28,29,30)/t14-,16?,18-,19-,22-/m1/s1. The smallest absolute Gasteiger partial charge is 0.434 e. The first-order valence-electron chi connectivity index (χ1n) is 13.2. The molecule has 15 heteroatoms. The molecule has 3 heterocycles. The van der Waals surface area contributed by atoms with E-state index in [1.807, 2.05) is 20.8 Å². The van der Waals surface area contributed by atoms with Crippen LogP contribution in [0.15, 0.2) is 6.33 Å². The highest BCUT2D eigenvalue weighted by Gasteiger charge is 2.45. The fourth-order valence-electron chi connectivity index (χ4n) is 4.68. The molecule has 0 bridgehead atoms. The fraction of sp³-hybridized carbons (Fsp3) is 0.720. The number of aromatic nitrogens is 4. The van der Waals surface area contributed by atoms with Gasteiger partial charge in [-0.05, 0) is 29.9 Å². The number of hydrogen-bond donors (Lipinski definition) is 3. The van der Waals surface area contributed by atoms with Crippen molar-refractivity contribution < 1.29 is 39.1 Å². The van der Waals surface area contributed by atoms with Crippen LogP contribution in [0.2, 0.25) is 5.28 Å². The zero-order chi connectivity index (χ0) is 29.2. The Hall–Kier alpha value is -2.78. The summed E-state index contributed by atoms with van der Waals surface area (Å²) in [4.78, 5) is 38.4. The first-order valence-corrected chi connectivity index (χ1v) is 13.6. The number of anilines is 1. The lowest BCUT2D eigenvalue weighted by atomic mass is 9.99. The van der Waals surface area contributed by atoms with E-state index < -0.39 is 49.3 Å². The van der Waals surface area contributed by atoms with Gasteiger partial charge in [-0.1, -0.05) is 33.6 Å². The van der Waals surface area contributed by atoms with Gasteiger partial charge in [-0.2, -0.15) is 15.1 Å². The summed E-state index contributed by atoms with van der Waals surface area (Å²) >= 11 is 6.19. The number of carbonyl (C=O) groups excluding carboxylic acids is 2. The molecule has 1 amide bonds. The van der Waals surface area contributed by atoms with Crippen molar-refractivity contribution in [3.05, 3.63) is 11.6 Å². The van der Waals surface area contributed by atoms with Crippen LogP contribution in [0.4, 0.5) is 10.6 Å². The van der Waals surface area contributed by atoms with Crippen LogP contribution < -0.4 is 5.32 Å². The molecular weight excluding hydrogens is 548 g/mol. The monoisotopic (exact) mass is 583 g/mol. The van der Waals surface area contributed by atoms with Crippen LogP contribution in [0.1, 0.15) is 59.1 Å². The van der Waals surface area contributed by atoms with Crippen molar-refractivity contribution >= 4 is 40.6 Å². The van der Waals surface area contributed by atoms with Crippen LogP contribution in [0.5, 0.6) is 0 Å². The number of rotatable bonds is 9. The van der Waals surface area contributed by atoms with Gasteiger partial charge >= 0.3 is 6.16 Å². The molecule has 2 aromatic rings. The molecule has 221 valence electrons. The zero-order valence-corrected chi connectivity index (χ0v) is 23.7. The Morgan fingerprint density at radius 2 is 1.95 bits per heavy atom. The van der Waals surface area contributed by atoms with E-state index in [0.29, 0.717) is 17.0 Å². The number of hydrogen-bond acceptors (Lipinski definition) is 11. The largest absolute Gasteiger partial charge is 0.510 e. The average molecular weight is 584 g/mol.